The highest BCUT2D eigenvalue weighted by Gasteiger charge is 2.31. The van der Waals surface area contributed by atoms with Gasteiger partial charge in [-0.15, -0.1) is 0 Å². The first-order valence-electron chi connectivity index (χ1n) is 6.16. The lowest BCUT2D eigenvalue weighted by Crippen LogP contribution is -2.24. The molecule has 2 rings (SSSR count). The van der Waals surface area contributed by atoms with Gasteiger partial charge in [-0.1, -0.05) is 29.8 Å². The Kier molecular flexibility index (Phi) is 4.38. The summed E-state index contributed by atoms with van der Waals surface area (Å²) in [6.45, 7) is 0. The lowest BCUT2D eigenvalue weighted by Gasteiger charge is -2.24. The summed E-state index contributed by atoms with van der Waals surface area (Å²) >= 11 is 5.86. The third-order valence-electron chi connectivity index (χ3n) is 3.37. The zero-order chi connectivity index (χ0) is 13.8. The molecule has 0 bridgehead atoms. The van der Waals surface area contributed by atoms with E-state index in [1.807, 2.05) is 18.2 Å². The normalized spacial score (nSPS) is 20.1. The molecule has 0 aliphatic heterocycles. The van der Waals surface area contributed by atoms with Gasteiger partial charge in [-0.05, 0) is 36.1 Å². The van der Waals surface area contributed by atoms with E-state index in [0.29, 0.717) is 17.9 Å². The van der Waals surface area contributed by atoms with E-state index in [0.717, 1.165) is 5.56 Å². The fourth-order valence-electron chi connectivity index (χ4n) is 2.35. The van der Waals surface area contributed by atoms with Gasteiger partial charge in [0.15, 0.2) is 5.78 Å². The Bertz CT molecular complexity index is 505. The average Bonchev–Trinajstić information content (AvgIpc) is 2.43. The van der Waals surface area contributed by atoms with Crippen molar-refractivity contribution in [3.05, 3.63) is 47.0 Å². The lowest BCUT2D eigenvalue weighted by molar-refractivity contribution is -0.143. The van der Waals surface area contributed by atoms with Gasteiger partial charge in [0.25, 0.3) is 0 Å². The van der Waals surface area contributed by atoms with Gasteiger partial charge in [-0.2, -0.15) is 0 Å². The highest BCUT2D eigenvalue weighted by atomic mass is 35.5. The third kappa shape index (κ3) is 3.24. The molecule has 1 aromatic rings. The van der Waals surface area contributed by atoms with Crippen molar-refractivity contribution in [1.29, 1.82) is 0 Å². The number of rotatable bonds is 3. The summed E-state index contributed by atoms with van der Waals surface area (Å²) in [5, 5.41) is 0.627. The zero-order valence-corrected chi connectivity index (χ0v) is 11.4. The molecule has 2 atom stereocenters. The van der Waals surface area contributed by atoms with Crippen molar-refractivity contribution in [3.8, 4) is 0 Å². The van der Waals surface area contributed by atoms with Crippen molar-refractivity contribution in [2.75, 3.05) is 7.11 Å². The molecule has 0 spiro atoms. The maximum absolute atomic E-state index is 12.0. The largest absolute Gasteiger partial charge is 0.469 e. The third-order valence-corrected chi connectivity index (χ3v) is 3.62. The molecule has 0 heterocycles. The van der Waals surface area contributed by atoms with Crippen molar-refractivity contribution in [2.45, 2.75) is 18.8 Å². The Balaban J connectivity index is 2.31. The Morgan fingerprint density at radius 1 is 1.37 bits per heavy atom. The second kappa shape index (κ2) is 6.02. The molecule has 100 valence electrons. The van der Waals surface area contributed by atoms with E-state index >= 15 is 0 Å². The van der Waals surface area contributed by atoms with Crippen LogP contribution in [0.25, 0.3) is 0 Å². The number of carbonyl (C=O) groups is 2. The number of carbonyl (C=O) groups excluding carboxylic acids is 2. The van der Waals surface area contributed by atoms with E-state index in [9.17, 15) is 9.59 Å². The molecule has 3 nitrogen and oxygen atoms in total. The van der Waals surface area contributed by atoms with Gasteiger partial charge in [-0.25, -0.2) is 0 Å². The first-order chi connectivity index (χ1) is 9.11. The second-order valence-corrected chi connectivity index (χ2v) is 5.02. The van der Waals surface area contributed by atoms with Crippen LogP contribution in [0, 0.1) is 5.92 Å². The number of esters is 1. The topological polar surface area (TPSA) is 43.4 Å². The highest BCUT2D eigenvalue weighted by Crippen LogP contribution is 2.33. The molecular formula is C15H15ClO3. The van der Waals surface area contributed by atoms with E-state index in [2.05, 4.69) is 0 Å². The Morgan fingerprint density at radius 2 is 2.05 bits per heavy atom. The molecule has 0 saturated heterocycles. The number of halogens is 1. The van der Waals surface area contributed by atoms with Crippen LogP contribution in [-0.4, -0.2) is 18.9 Å². The van der Waals surface area contributed by atoms with E-state index in [1.165, 1.54) is 7.11 Å². The van der Waals surface area contributed by atoms with Gasteiger partial charge in [0.2, 0.25) is 0 Å². The number of benzene rings is 1. The lowest BCUT2D eigenvalue weighted by atomic mass is 9.80. The van der Waals surface area contributed by atoms with Crippen LogP contribution in [0.2, 0.25) is 5.02 Å². The van der Waals surface area contributed by atoms with Crippen molar-refractivity contribution < 1.29 is 14.3 Å². The summed E-state index contributed by atoms with van der Waals surface area (Å²) in [6.07, 6.45) is 4.50. The molecule has 2 unspecified atom stereocenters. The van der Waals surface area contributed by atoms with Crippen LogP contribution in [0.1, 0.15) is 24.3 Å². The van der Waals surface area contributed by atoms with Crippen molar-refractivity contribution >= 4 is 23.4 Å². The van der Waals surface area contributed by atoms with Crippen LogP contribution < -0.4 is 0 Å². The molecule has 0 fully saturated rings. The van der Waals surface area contributed by atoms with Gasteiger partial charge in [0.05, 0.1) is 13.0 Å². The predicted molar refractivity (Wildman–Crippen MR) is 73.1 cm³/mol. The smallest absolute Gasteiger partial charge is 0.313 e. The van der Waals surface area contributed by atoms with Crippen LogP contribution >= 0.6 is 11.6 Å². The van der Waals surface area contributed by atoms with Crippen LogP contribution in [0.5, 0.6) is 0 Å². The SMILES string of the molecule is COC(=O)C(c1ccc(Cl)cc1)C1C=CC(=O)CC1. The van der Waals surface area contributed by atoms with E-state index in [1.54, 1.807) is 18.2 Å². The molecular weight excluding hydrogens is 264 g/mol. The number of allylic oxidation sites excluding steroid dienone is 2. The minimum absolute atomic E-state index is 0.00803. The van der Waals surface area contributed by atoms with E-state index in [4.69, 9.17) is 16.3 Å². The van der Waals surface area contributed by atoms with Gasteiger partial charge < -0.3 is 4.74 Å². The monoisotopic (exact) mass is 278 g/mol. The molecule has 1 aliphatic rings. The highest BCUT2D eigenvalue weighted by molar-refractivity contribution is 6.30. The molecule has 0 saturated carbocycles. The fraction of sp³-hybridized carbons (Fsp3) is 0.333. The number of methoxy groups -OCH3 is 1. The number of ether oxygens (including phenoxy) is 1. The molecule has 0 N–H and O–H groups in total. The van der Waals surface area contributed by atoms with Gasteiger partial charge in [0, 0.05) is 11.4 Å². The number of ketones is 1. The van der Waals surface area contributed by atoms with E-state index < -0.39 is 0 Å². The van der Waals surface area contributed by atoms with Crippen LogP contribution in [0.4, 0.5) is 0 Å². The summed E-state index contributed by atoms with van der Waals surface area (Å²) in [7, 11) is 1.38. The van der Waals surface area contributed by atoms with Crippen LogP contribution in [0.15, 0.2) is 36.4 Å². The molecule has 19 heavy (non-hydrogen) atoms. The summed E-state index contributed by atoms with van der Waals surface area (Å²) in [5.41, 5.74) is 0.861. The summed E-state index contributed by atoms with van der Waals surface area (Å²) in [6, 6.07) is 7.16. The summed E-state index contributed by atoms with van der Waals surface area (Å²) < 4.78 is 4.89. The first-order valence-corrected chi connectivity index (χ1v) is 6.54. The maximum atomic E-state index is 12.0. The second-order valence-electron chi connectivity index (χ2n) is 4.58. The number of hydrogen-bond donors (Lipinski definition) is 0. The summed E-state index contributed by atoms with van der Waals surface area (Å²) in [4.78, 5) is 23.2. The van der Waals surface area contributed by atoms with Crippen molar-refractivity contribution in [1.82, 2.24) is 0 Å². The Labute approximate surface area is 117 Å². The van der Waals surface area contributed by atoms with Gasteiger partial charge in [0.1, 0.15) is 0 Å². The van der Waals surface area contributed by atoms with Gasteiger partial charge >= 0.3 is 5.97 Å². The van der Waals surface area contributed by atoms with Crippen molar-refractivity contribution in [2.24, 2.45) is 5.92 Å². The molecule has 0 radical (unpaired) electrons. The van der Waals surface area contributed by atoms with Crippen molar-refractivity contribution in [3.63, 3.8) is 0 Å². The number of hydrogen-bond acceptors (Lipinski definition) is 3. The fourth-order valence-corrected chi connectivity index (χ4v) is 2.48. The average molecular weight is 279 g/mol. The summed E-state index contributed by atoms with van der Waals surface area (Å²) in [5.74, 6) is -0.569. The quantitative estimate of drug-likeness (QED) is 0.798. The molecule has 0 amide bonds. The molecule has 0 aromatic heterocycles. The zero-order valence-electron chi connectivity index (χ0n) is 10.6. The molecule has 4 heteroatoms. The molecule has 1 aliphatic carbocycles. The van der Waals surface area contributed by atoms with Crippen LogP contribution in [-0.2, 0) is 14.3 Å². The Hall–Kier alpha value is -1.61. The predicted octanol–water partition coefficient (Wildman–Crippen LogP) is 3.13. The Morgan fingerprint density at radius 3 is 2.58 bits per heavy atom. The molecule has 1 aromatic carbocycles. The van der Waals surface area contributed by atoms with E-state index in [-0.39, 0.29) is 23.6 Å². The first kappa shape index (κ1) is 13.8. The maximum Gasteiger partial charge on any atom is 0.313 e. The minimum Gasteiger partial charge on any atom is -0.469 e. The van der Waals surface area contributed by atoms with Crippen LogP contribution in [0.3, 0.4) is 0 Å². The standard InChI is InChI=1S/C15H15ClO3/c1-19-15(18)14(10-2-6-12(16)7-3-10)11-4-8-13(17)9-5-11/h2-4,6-8,11,14H,5,9H2,1H3. The minimum atomic E-state index is -0.383. The van der Waals surface area contributed by atoms with Gasteiger partial charge in [-0.3, -0.25) is 9.59 Å².